The molecule has 8 heteroatoms. The number of carboxylic acids is 1. The Hall–Kier alpha value is -2.74. The zero-order valence-corrected chi connectivity index (χ0v) is 13.0. The van der Waals surface area contributed by atoms with Crippen molar-refractivity contribution in [1.82, 2.24) is 24.5 Å². The molecule has 120 valence electrons. The Balaban J connectivity index is 2.03. The van der Waals surface area contributed by atoms with Gasteiger partial charge < -0.3 is 15.3 Å². The molecule has 23 heavy (non-hydrogen) atoms. The van der Waals surface area contributed by atoms with E-state index in [0.717, 1.165) is 30.4 Å². The molecular weight excluding hydrogens is 296 g/mol. The second-order valence-electron chi connectivity index (χ2n) is 5.54. The fraction of sp³-hybridized carbons (Fsp3) is 0.333. The molecule has 0 saturated carbocycles. The van der Waals surface area contributed by atoms with Crippen LogP contribution in [0.3, 0.4) is 0 Å². The topological polar surface area (TPSA) is 95.7 Å². The van der Waals surface area contributed by atoms with Crippen LogP contribution in [0.2, 0.25) is 0 Å². The van der Waals surface area contributed by atoms with Crippen LogP contribution in [0.25, 0.3) is 16.6 Å². The molecule has 2 N–H and O–H groups in total. The minimum atomic E-state index is -1.05. The van der Waals surface area contributed by atoms with E-state index in [1.807, 2.05) is 20.2 Å². The van der Waals surface area contributed by atoms with E-state index < -0.39 is 5.97 Å². The Kier molecular flexibility index (Phi) is 4.07. The lowest BCUT2D eigenvalue weighted by atomic mass is 10.2. The van der Waals surface area contributed by atoms with Gasteiger partial charge in [-0.25, -0.2) is 14.3 Å². The molecule has 0 aliphatic rings. The predicted octanol–water partition coefficient (Wildman–Crippen LogP) is 1.34. The minimum absolute atomic E-state index is 0.0760. The van der Waals surface area contributed by atoms with Gasteiger partial charge in [0.05, 0.1) is 17.9 Å². The molecule has 3 aromatic rings. The molecule has 0 bridgehead atoms. The average molecular weight is 314 g/mol. The van der Waals surface area contributed by atoms with E-state index in [4.69, 9.17) is 0 Å². The van der Waals surface area contributed by atoms with Gasteiger partial charge >= 0.3 is 5.97 Å². The van der Waals surface area contributed by atoms with E-state index in [1.54, 1.807) is 12.4 Å². The number of nitrogens with zero attached hydrogens (tertiary/aromatic N) is 5. The third-order valence-corrected chi connectivity index (χ3v) is 3.55. The normalized spacial score (nSPS) is 11.4. The molecule has 0 atom stereocenters. The van der Waals surface area contributed by atoms with Gasteiger partial charge in [-0.15, -0.1) is 0 Å². The number of rotatable bonds is 6. The van der Waals surface area contributed by atoms with E-state index in [-0.39, 0.29) is 5.56 Å². The highest BCUT2D eigenvalue weighted by Crippen LogP contribution is 2.23. The highest BCUT2D eigenvalue weighted by atomic mass is 16.4. The van der Waals surface area contributed by atoms with E-state index in [0.29, 0.717) is 11.5 Å². The van der Waals surface area contributed by atoms with Crippen LogP contribution >= 0.6 is 0 Å². The average Bonchev–Trinajstić information content (AvgIpc) is 2.95. The standard InChI is InChI=1S/C15H18N6O2/c1-20(2)7-3-5-17-13-10-4-6-16-9-12(10)21-14(19-13)11(8-18-21)15(22)23/h4,6,8-9H,3,5,7H2,1-2H3,(H,17,19)(H,22,23). The number of hydrogen-bond acceptors (Lipinski definition) is 6. The van der Waals surface area contributed by atoms with Gasteiger partial charge in [0.15, 0.2) is 5.65 Å². The first-order valence-corrected chi connectivity index (χ1v) is 7.31. The summed E-state index contributed by atoms with van der Waals surface area (Å²) in [4.78, 5) is 22.0. The zero-order chi connectivity index (χ0) is 16.4. The van der Waals surface area contributed by atoms with Crippen LogP contribution in [0, 0.1) is 0 Å². The summed E-state index contributed by atoms with van der Waals surface area (Å²) in [5, 5.41) is 17.6. The summed E-state index contributed by atoms with van der Waals surface area (Å²) in [6, 6.07) is 1.85. The number of fused-ring (bicyclic) bond motifs is 3. The molecule has 0 aliphatic heterocycles. The van der Waals surface area contributed by atoms with E-state index in [1.165, 1.54) is 10.7 Å². The van der Waals surface area contributed by atoms with Crippen LogP contribution < -0.4 is 5.32 Å². The van der Waals surface area contributed by atoms with Crippen LogP contribution in [0.1, 0.15) is 16.8 Å². The Morgan fingerprint density at radius 1 is 1.39 bits per heavy atom. The molecule has 0 amide bonds. The van der Waals surface area contributed by atoms with Crippen LogP contribution in [0.5, 0.6) is 0 Å². The number of pyridine rings is 1. The van der Waals surface area contributed by atoms with Crippen LogP contribution in [0.4, 0.5) is 5.82 Å². The van der Waals surface area contributed by atoms with Crippen molar-refractivity contribution in [1.29, 1.82) is 0 Å². The van der Waals surface area contributed by atoms with Gasteiger partial charge in [0, 0.05) is 18.1 Å². The summed E-state index contributed by atoms with van der Waals surface area (Å²) in [6.07, 6.45) is 5.61. The Labute approximate surface area is 132 Å². The first-order valence-electron chi connectivity index (χ1n) is 7.31. The number of carbonyl (C=O) groups is 1. The number of nitrogens with one attached hydrogen (secondary N) is 1. The number of hydrogen-bond donors (Lipinski definition) is 2. The molecule has 3 heterocycles. The maximum atomic E-state index is 11.3. The number of anilines is 1. The lowest BCUT2D eigenvalue weighted by Gasteiger charge is -2.12. The Bertz CT molecular complexity index is 858. The molecule has 0 fully saturated rings. The maximum Gasteiger partial charge on any atom is 0.341 e. The minimum Gasteiger partial charge on any atom is -0.477 e. The van der Waals surface area contributed by atoms with Crippen molar-refractivity contribution in [2.45, 2.75) is 6.42 Å². The molecular formula is C15H18N6O2. The van der Waals surface area contributed by atoms with E-state index in [2.05, 4.69) is 25.3 Å². The van der Waals surface area contributed by atoms with Crippen molar-refractivity contribution in [3.05, 3.63) is 30.2 Å². The zero-order valence-electron chi connectivity index (χ0n) is 13.0. The Morgan fingerprint density at radius 2 is 2.22 bits per heavy atom. The van der Waals surface area contributed by atoms with E-state index >= 15 is 0 Å². The molecule has 8 nitrogen and oxygen atoms in total. The van der Waals surface area contributed by atoms with Crippen molar-refractivity contribution in [2.24, 2.45) is 0 Å². The molecule has 0 radical (unpaired) electrons. The molecule has 3 rings (SSSR count). The van der Waals surface area contributed by atoms with Crippen molar-refractivity contribution in [3.63, 3.8) is 0 Å². The van der Waals surface area contributed by atoms with Gasteiger partial charge in [-0.05, 0) is 33.1 Å². The SMILES string of the molecule is CN(C)CCCNc1nc2c(C(=O)O)cnn2c2cnccc12. The summed E-state index contributed by atoms with van der Waals surface area (Å²) in [5.41, 5.74) is 1.11. The summed E-state index contributed by atoms with van der Waals surface area (Å²) < 4.78 is 1.51. The number of aromatic nitrogens is 4. The third kappa shape index (κ3) is 2.93. The van der Waals surface area contributed by atoms with Crippen molar-refractivity contribution < 1.29 is 9.90 Å². The third-order valence-electron chi connectivity index (χ3n) is 3.55. The second-order valence-corrected chi connectivity index (χ2v) is 5.54. The van der Waals surface area contributed by atoms with Crippen LogP contribution in [0.15, 0.2) is 24.7 Å². The van der Waals surface area contributed by atoms with Gasteiger partial charge in [-0.1, -0.05) is 0 Å². The highest BCUT2D eigenvalue weighted by molar-refractivity contribution is 5.98. The summed E-state index contributed by atoms with van der Waals surface area (Å²) in [7, 11) is 4.05. The number of carboxylic acid groups (broad SMARTS) is 1. The quantitative estimate of drug-likeness (QED) is 0.663. The lowest BCUT2D eigenvalue weighted by molar-refractivity contribution is 0.0699. The van der Waals surface area contributed by atoms with Gasteiger partial charge in [0.1, 0.15) is 11.4 Å². The first kappa shape index (κ1) is 15.2. The van der Waals surface area contributed by atoms with Crippen molar-refractivity contribution >= 4 is 28.3 Å². The predicted molar refractivity (Wildman–Crippen MR) is 86.9 cm³/mol. The van der Waals surface area contributed by atoms with Crippen LogP contribution in [-0.4, -0.2) is 62.7 Å². The van der Waals surface area contributed by atoms with Gasteiger partial charge in [-0.2, -0.15) is 5.10 Å². The monoisotopic (exact) mass is 314 g/mol. The first-order chi connectivity index (χ1) is 11.1. The van der Waals surface area contributed by atoms with Gasteiger partial charge in [-0.3, -0.25) is 4.98 Å². The second kappa shape index (κ2) is 6.17. The molecule has 0 aliphatic carbocycles. The highest BCUT2D eigenvalue weighted by Gasteiger charge is 2.16. The largest absolute Gasteiger partial charge is 0.477 e. The fourth-order valence-corrected chi connectivity index (χ4v) is 2.43. The molecule has 0 saturated heterocycles. The summed E-state index contributed by atoms with van der Waals surface area (Å²) in [5.74, 6) is -0.397. The number of aromatic carboxylic acids is 1. The fourth-order valence-electron chi connectivity index (χ4n) is 2.43. The smallest absolute Gasteiger partial charge is 0.341 e. The lowest BCUT2D eigenvalue weighted by Crippen LogP contribution is -2.17. The van der Waals surface area contributed by atoms with Crippen molar-refractivity contribution in [3.8, 4) is 0 Å². The van der Waals surface area contributed by atoms with E-state index in [9.17, 15) is 9.90 Å². The molecule has 0 unspecified atom stereocenters. The molecule has 0 spiro atoms. The summed E-state index contributed by atoms with van der Waals surface area (Å²) in [6.45, 7) is 1.71. The Morgan fingerprint density at radius 3 is 2.96 bits per heavy atom. The van der Waals surface area contributed by atoms with Crippen LogP contribution in [-0.2, 0) is 0 Å². The summed E-state index contributed by atoms with van der Waals surface area (Å²) >= 11 is 0. The van der Waals surface area contributed by atoms with Gasteiger partial charge in [0.25, 0.3) is 0 Å². The molecule has 0 aromatic carbocycles. The van der Waals surface area contributed by atoms with Crippen molar-refractivity contribution in [2.75, 3.05) is 32.5 Å². The molecule has 3 aromatic heterocycles. The maximum absolute atomic E-state index is 11.3. The van der Waals surface area contributed by atoms with Gasteiger partial charge in [0.2, 0.25) is 0 Å².